The van der Waals surface area contributed by atoms with E-state index in [4.69, 9.17) is 18.5 Å². The van der Waals surface area contributed by atoms with Crippen LogP contribution in [-0.2, 0) is 27.9 Å². The van der Waals surface area contributed by atoms with Gasteiger partial charge < -0.3 is 18.9 Å². The molecule has 0 aliphatic rings. The second-order valence-electron chi connectivity index (χ2n) is 16.1. The summed E-state index contributed by atoms with van der Waals surface area (Å²) in [4.78, 5) is 22.8. The van der Waals surface area contributed by atoms with Crippen molar-refractivity contribution in [3.8, 4) is 0 Å². The fraction of sp³-hybridized carbons (Fsp3) is 0.886. The quantitative estimate of drug-likeness (QED) is 0.0217. The van der Waals surface area contributed by atoms with Crippen LogP contribution in [0.15, 0.2) is 24.3 Å². The zero-order valence-corrected chi connectivity index (χ0v) is 36.4. The van der Waals surface area contributed by atoms with Crippen LogP contribution in [0.4, 0.5) is 0 Å². The van der Waals surface area contributed by atoms with Crippen molar-refractivity contribution in [1.29, 1.82) is 0 Å². The van der Waals surface area contributed by atoms with Crippen LogP contribution in [0.1, 0.15) is 194 Å². The highest BCUT2D eigenvalue weighted by atomic mass is 31.2. The van der Waals surface area contributed by atoms with Crippen molar-refractivity contribution in [1.82, 2.24) is 0 Å². The van der Waals surface area contributed by atoms with Crippen molar-refractivity contribution in [2.75, 3.05) is 54.1 Å². The summed E-state index contributed by atoms with van der Waals surface area (Å²) in [5, 5.41) is 0. The second-order valence-corrected chi connectivity index (χ2v) is 17.5. The van der Waals surface area contributed by atoms with Gasteiger partial charge >= 0.3 is 13.8 Å². The van der Waals surface area contributed by atoms with Gasteiger partial charge in [0, 0.05) is 13.0 Å². The Morgan fingerprint density at radius 3 is 1.45 bits per heavy atom. The van der Waals surface area contributed by atoms with Crippen molar-refractivity contribution < 1.29 is 37.3 Å². The molecule has 0 aromatic heterocycles. The zero-order valence-electron chi connectivity index (χ0n) is 35.5. The molecule has 0 aliphatic carbocycles. The van der Waals surface area contributed by atoms with Crippen molar-refractivity contribution in [2.24, 2.45) is 0 Å². The molecule has 0 aromatic carbocycles. The molecule has 8 nitrogen and oxygen atoms in total. The summed E-state index contributed by atoms with van der Waals surface area (Å²) in [5.74, 6) is -0.323. The number of carbonyl (C=O) groups excluding carboxylic acids is 1. The second kappa shape index (κ2) is 37.9. The van der Waals surface area contributed by atoms with Crippen molar-refractivity contribution in [2.45, 2.75) is 200 Å². The first-order chi connectivity index (χ1) is 25.6. The Balaban J connectivity index is 4.21. The lowest BCUT2D eigenvalue weighted by atomic mass is 10.1. The van der Waals surface area contributed by atoms with Crippen molar-refractivity contribution >= 4 is 13.8 Å². The van der Waals surface area contributed by atoms with Gasteiger partial charge in [-0.05, 0) is 64.2 Å². The molecule has 53 heavy (non-hydrogen) atoms. The molecule has 0 aromatic rings. The van der Waals surface area contributed by atoms with E-state index in [-0.39, 0.29) is 25.8 Å². The van der Waals surface area contributed by atoms with Gasteiger partial charge in [-0.1, -0.05) is 147 Å². The zero-order chi connectivity index (χ0) is 39.1. The molecule has 314 valence electrons. The summed E-state index contributed by atoms with van der Waals surface area (Å²) in [5.41, 5.74) is 0. The number of quaternary nitrogens is 1. The normalized spacial score (nSPS) is 14.0. The average molecular weight is 773 g/mol. The van der Waals surface area contributed by atoms with Crippen LogP contribution in [0.3, 0.4) is 0 Å². The number of nitrogens with zero attached hydrogens (tertiary/aromatic N) is 1. The average Bonchev–Trinajstić information content (AvgIpc) is 3.11. The number of phosphoric acid groups is 1. The fourth-order valence-electron chi connectivity index (χ4n) is 6.01. The number of ether oxygens (including phenoxy) is 2. The Labute approximate surface area is 328 Å². The molecule has 0 amide bonds. The molecule has 0 rings (SSSR count). The highest BCUT2D eigenvalue weighted by Crippen LogP contribution is 2.43. The number of hydrogen-bond donors (Lipinski definition) is 1. The third-order valence-corrected chi connectivity index (χ3v) is 10.5. The number of phosphoric ester groups is 1. The first kappa shape index (κ1) is 52.0. The first-order valence-electron chi connectivity index (χ1n) is 22.1. The molecule has 0 saturated heterocycles. The molecule has 9 heteroatoms. The number of likely N-dealkylation sites (N-methyl/N-ethyl adjacent to an activating group) is 1. The molecule has 0 aliphatic heterocycles. The lowest BCUT2D eigenvalue weighted by Crippen LogP contribution is -2.37. The van der Waals surface area contributed by atoms with Crippen LogP contribution in [0, 0.1) is 0 Å². The molecular formula is C44H87NO7P+. The molecule has 0 bridgehead atoms. The van der Waals surface area contributed by atoms with Gasteiger partial charge in [-0.25, -0.2) is 4.57 Å². The van der Waals surface area contributed by atoms with E-state index in [2.05, 4.69) is 38.2 Å². The molecule has 0 radical (unpaired) electrons. The van der Waals surface area contributed by atoms with E-state index in [9.17, 15) is 14.3 Å². The van der Waals surface area contributed by atoms with E-state index in [0.717, 1.165) is 44.9 Å². The standard InChI is InChI=1S/C44H86NO7P/c1-6-8-10-12-14-16-18-20-21-22-23-24-26-28-30-32-34-36-39-49-41-43(42-51-53(47,48)50-40-38-45(3,4)5)52-44(46)37-35-33-31-29-27-25-19-17-15-13-11-9-7-2/h17,19-21,43H,6-16,18,22-42H2,1-5H3/p+1/b19-17-,21-20-. The number of unbranched alkanes of at least 4 members (excludes halogenated alkanes) is 23. The Hall–Kier alpha value is -1.02. The van der Waals surface area contributed by atoms with Gasteiger partial charge in [-0.3, -0.25) is 13.8 Å². The summed E-state index contributed by atoms with van der Waals surface area (Å²) < 4.78 is 35.0. The number of allylic oxidation sites excluding steroid dienone is 4. The van der Waals surface area contributed by atoms with Crippen LogP contribution in [0.5, 0.6) is 0 Å². The van der Waals surface area contributed by atoms with E-state index in [1.54, 1.807) is 0 Å². The summed E-state index contributed by atoms with van der Waals surface area (Å²) >= 11 is 0. The van der Waals surface area contributed by atoms with Gasteiger partial charge in [0.05, 0.1) is 34.4 Å². The Morgan fingerprint density at radius 1 is 0.566 bits per heavy atom. The van der Waals surface area contributed by atoms with E-state index in [1.165, 1.54) is 128 Å². The molecule has 0 saturated carbocycles. The van der Waals surface area contributed by atoms with E-state index < -0.39 is 13.9 Å². The number of rotatable bonds is 41. The van der Waals surface area contributed by atoms with Crippen LogP contribution >= 0.6 is 7.82 Å². The predicted molar refractivity (Wildman–Crippen MR) is 224 cm³/mol. The predicted octanol–water partition coefficient (Wildman–Crippen LogP) is 12.8. The number of esters is 1. The third-order valence-electron chi connectivity index (χ3n) is 9.49. The van der Waals surface area contributed by atoms with E-state index in [0.29, 0.717) is 24.1 Å². The molecule has 0 heterocycles. The molecule has 2 atom stereocenters. The highest BCUT2D eigenvalue weighted by molar-refractivity contribution is 7.47. The van der Waals surface area contributed by atoms with Gasteiger partial charge in [0.1, 0.15) is 19.3 Å². The minimum atomic E-state index is -4.27. The van der Waals surface area contributed by atoms with E-state index in [1.807, 2.05) is 21.1 Å². The molecule has 2 unspecified atom stereocenters. The number of carbonyl (C=O) groups is 1. The van der Waals surface area contributed by atoms with Crippen LogP contribution in [-0.4, -0.2) is 75.6 Å². The van der Waals surface area contributed by atoms with Gasteiger partial charge in [0.25, 0.3) is 0 Å². The minimum Gasteiger partial charge on any atom is -0.457 e. The Bertz CT molecular complexity index is 905. The van der Waals surface area contributed by atoms with Crippen LogP contribution in [0.25, 0.3) is 0 Å². The maximum Gasteiger partial charge on any atom is 0.472 e. The maximum atomic E-state index is 12.7. The minimum absolute atomic E-state index is 0.0876. The van der Waals surface area contributed by atoms with Crippen molar-refractivity contribution in [3.63, 3.8) is 0 Å². The monoisotopic (exact) mass is 773 g/mol. The van der Waals surface area contributed by atoms with Crippen LogP contribution < -0.4 is 0 Å². The lowest BCUT2D eigenvalue weighted by Gasteiger charge is -2.24. The Kier molecular flexibility index (Phi) is 37.2. The molecule has 0 spiro atoms. The van der Waals surface area contributed by atoms with Gasteiger partial charge in [-0.2, -0.15) is 0 Å². The fourth-order valence-corrected chi connectivity index (χ4v) is 6.75. The third kappa shape index (κ3) is 42.0. The van der Waals surface area contributed by atoms with Gasteiger partial charge in [0.2, 0.25) is 0 Å². The maximum absolute atomic E-state index is 12.7. The smallest absolute Gasteiger partial charge is 0.457 e. The molecule has 0 fully saturated rings. The number of hydrogen-bond acceptors (Lipinski definition) is 6. The SMILES string of the molecule is CCCCCC/C=C\CCCCCCCC(=O)OC(COCCCCCCCCCC/C=C\CCCCCCCC)COP(=O)(O)OCC[N+](C)(C)C. The molecular weight excluding hydrogens is 685 g/mol. The summed E-state index contributed by atoms with van der Waals surface area (Å²) in [6.45, 7) is 5.60. The van der Waals surface area contributed by atoms with Crippen molar-refractivity contribution in [3.05, 3.63) is 24.3 Å². The first-order valence-corrected chi connectivity index (χ1v) is 23.6. The summed E-state index contributed by atoms with van der Waals surface area (Å²) in [6.07, 6.45) is 42.0. The summed E-state index contributed by atoms with van der Waals surface area (Å²) in [7, 11) is 1.66. The Morgan fingerprint density at radius 2 is 0.981 bits per heavy atom. The largest absolute Gasteiger partial charge is 0.472 e. The summed E-state index contributed by atoms with van der Waals surface area (Å²) in [6, 6.07) is 0. The van der Waals surface area contributed by atoms with Gasteiger partial charge in [-0.15, -0.1) is 0 Å². The van der Waals surface area contributed by atoms with Crippen LogP contribution in [0.2, 0.25) is 0 Å². The topological polar surface area (TPSA) is 91.3 Å². The molecule has 1 N–H and O–H groups in total. The highest BCUT2D eigenvalue weighted by Gasteiger charge is 2.26. The lowest BCUT2D eigenvalue weighted by molar-refractivity contribution is -0.870. The van der Waals surface area contributed by atoms with E-state index >= 15 is 0 Å². The van der Waals surface area contributed by atoms with Gasteiger partial charge in [0.15, 0.2) is 0 Å².